The molecule has 0 amide bonds. The van der Waals surface area contributed by atoms with Crippen LogP contribution < -0.4 is 0 Å². The van der Waals surface area contributed by atoms with Crippen molar-refractivity contribution in [1.29, 1.82) is 0 Å². The van der Waals surface area contributed by atoms with E-state index >= 15 is 0 Å². The van der Waals surface area contributed by atoms with Crippen LogP contribution in [-0.4, -0.2) is 19.6 Å². The maximum absolute atomic E-state index is 4.04. The van der Waals surface area contributed by atoms with Crippen LogP contribution in [0.4, 0.5) is 0 Å². The van der Waals surface area contributed by atoms with Gasteiger partial charge in [0.05, 0.1) is 0 Å². The van der Waals surface area contributed by atoms with Gasteiger partial charge in [-0.1, -0.05) is 0 Å². The third-order valence-electron chi connectivity index (χ3n) is 1.09. The van der Waals surface area contributed by atoms with Crippen LogP contribution in [0.2, 0.25) is 0 Å². The molecule has 0 atom stereocenters. The molecular weight excluding hydrogens is 243 g/mol. The van der Waals surface area contributed by atoms with E-state index in [-0.39, 0.29) is 0 Å². The second-order valence-corrected chi connectivity index (χ2v) is 2.71. The number of halogens is 1. The van der Waals surface area contributed by atoms with Crippen LogP contribution in [0, 0.1) is 3.83 Å². The fourth-order valence-electron chi connectivity index (χ4n) is 0.707. The summed E-state index contributed by atoms with van der Waals surface area (Å²) in [5.74, 6) is 0.645. The molecule has 0 spiro atoms. The fourth-order valence-corrected chi connectivity index (χ4v) is 1.16. The van der Waals surface area contributed by atoms with Crippen molar-refractivity contribution in [3.8, 4) is 0 Å². The number of hydrogen-bond acceptors (Lipinski definition) is 3. The summed E-state index contributed by atoms with van der Waals surface area (Å²) in [5.41, 5.74) is 0. The molecule has 0 saturated heterocycles. The van der Waals surface area contributed by atoms with Crippen molar-refractivity contribution >= 4 is 28.4 Å². The van der Waals surface area contributed by atoms with Gasteiger partial charge in [0.2, 0.25) is 3.83 Å². The highest BCUT2D eigenvalue weighted by molar-refractivity contribution is 14.1. The molecule has 0 fully saturated rings. The van der Waals surface area contributed by atoms with Crippen molar-refractivity contribution in [2.24, 2.45) is 0 Å². The van der Waals surface area contributed by atoms with E-state index in [9.17, 15) is 0 Å². The molecule has 0 aromatic carbocycles. The molecular formula is C5H3IN4. The maximum Gasteiger partial charge on any atom is 0.253 e. The normalized spacial score (nSPS) is 10.5. The van der Waals surface area contributed by atoms with E-state index in [4.69, 9.17) is 0 Å². The second-order valence-electron chi connectivity index (χ2n) is 1.75. The molecule has 2 rings (SSSR count). The van der Waals surface area contributed by atoms with Crippen LogP contribution in [-0.2, 0) is 0 Å². The Morgan fingerprint density at radius 3 is 3.20 bits per heavy atom. The van der Waals surface area contributed by atoms with Gasteiger partial charge in [0.25, 0.3) is 5.78 Å². The molecule has 4 nitrogen and oxygen atoms in total. The van der Waals surface area contributed by atoms with E-state index in [0.29, 0.717) is 5.78 Å². The van der Waals surface area contributed by atoms with Gasteiger partial charge in [-0.3, -0.25) is 0 Å². The molecule has 2 aromatic rings. The van der Waals surface area contributed by atoms with E-state index in [1.54, 1.807) is 10.7 Å². The Morgan fingerprint density at radius 2 is 2.40 bits per heavy atom. The molecule has 0 unspecified atom stereocenters. The Hall–Kier alpha value is -0.720. The van der Waals surface area contributed by atoms with Gasteiger partial charge in [0, 0.05) is 35.0 Å². The lowest BCUT2D eigenvalue weighted by atomic mass is 10.7. The molecule has 0 bridgehead atoms. The van der Waals surface area contributed by atoms with Crippen molar-refractivity contribution in [3.63, 3.8) is 0 Å². The lowest BCUT2D eigenvalue weighted by molar-refractivity contribution is 0.926. The van der Waals surface area contributed by atoms with E-state index in [1.165, 1.54) is 0 Å². The minimum atomic E-state index is 0.645. The topological polar surface area (TPSA) is 43.1 Å². The first kappa shape index (κ1) is 6.02. The van der Waals surface area contributed by atoms with Crippen molar-refractivity contribution in [2.75, 3.05) is 0 Å². The van der Waals surface area contributed by atoms with Gasteiger partial charge >= 0.3 is 0 Å². The van der Waals surface area contributed by atoms with Gasteiger partial charge in [-0.05, 0) is 6.07 Å². The summed E-state index contributed by atoms with van der Waals surface area (Å²) < 4.78 is 2.36. The number of aromatic nitrogens is 4. The van der Waals surface area contributed by atoms with Crippen molar-refractivity contribution in [3.05, 3.63) is 22.3 Å². The highest BCUT2D eigenvalue weighted by atomic mass is 127. The number of hydrogen-bond donors (Lipinski definition) is 0. The first-order chi connectivity index (χ1) is 4.86. The molecule has 0 aliphatic carbocycles. The van der Waals surface area contributed by atoms with E-state index in [1.807, 2.05) is 34.9 Å². The smallest absolute Gasteiger partial charge is 0.220 e. The lowest BCUT2D eigenvalue weighted by Crippen LogP contribution is -1.86. The predicted octanol–water partition coefficient (Wildman–Crippen LogP) is 0.729. The quantitative estimate of drug-likeness (QED) is 0.643. The molecule has 0 N–H and O–H groups in total. The maximum atomic E-state index is 4.04. The van der Waals surface area contributed by atoms with Crippen LogP contribution in [0.5, 0.6) is 0 Å². The standard InChI is InChI=1S/C5H3IN4/c6-4-8-5-7-2-1-3-10(5)9-4/h1-3H. The van der Waals surface area contributed by atoms with Gasteiger partial charge in [-0.2, -0.15) is 4.98 Å². The SMILES string of the molecule is Ic1nc2ncccn2n1. The Labute approximate surface area is 70.4 Å². The van der Waals surface area contributed by atoms with Crippen LogP contribution in [0.3, 0.4) is 0 Å². The van der Waals surface area contributed by atoms with Gasteiger partial charge in [0.1, 0.15) is 0 Å². The molecule has 10 heavy (non-hydrogen) atoms. The summed E-state index contributed by atoms with van der Waals surface area (Å²) in [4.78, 5) is 8.03. The first-order valence-electron chi connectivity index (χ1n) is 2.69. The van der Waals surface area contributed by atoms with Crippen molar-refractivity contribution in [2.45, 2.75) is 0 Å². The largest absolute Gasteiger partial charge is 0.253 e. The zero-order chi connectivity index (χ0) is 6.97. The molecule has 50 valence electrons. The number of fused-ring (bicyclic) bond motifs is 1. The lowest BCUT2D eigenvalue weighted by Gasteiger charge is -1.83. The average molecular weight is 246 g/mol. The zero-order valence-electron chi connectivity index (χ0n) is 4.90. The molecule has 0 saturated carbocycles. The Kier molecular flexibility index (Phi) is 1.30. The molecule has 0 radical (unpaired) electrons. The Morgan fingerprint density at radius 1 is 1.50 bits per heavy atom. The number of nitrogens with zero attached hydrogens (tertiary/aromatic N) is 4. The van der Waals surface area contributed by atoms with Gasteiger partial charge < -0.3 is 0 Å². The summed E-state index contributed by atoms with van der Waals surface area (Å²) in [6.45, 7) is 0. The predicted molar refractivity (Wildman–Crippen MR) is 43.5 cm³/mol. The summed E-state index contributed by atoms with van der Waals surface area (Å²) in [6, 6.07) is 1.82. The highest BCUT2D eigenvalue weighted by Gasteiger charge is 1.96. The summed E-state index contributed by atoms with van der Waals surface area (Å²) in [6.07, 6.45) is 3.51. The van der Waals surface area contributed by atoms with Crippen molar-refractivity contribution < 1.29 is 0 Å². The minimum absolute atomic E-state index is 0.645. The fraction of sp³-hybridized carbons (Fsp3) is 0. The van der Waals surface area contributed by atoms with E-state index < -0.39 is 0 Å². The monoisotopic (exact) mass is 246 g/mol. The van der Waals surface area contributed by atoms with E-state index in [0.717, 1.165) is 3.83 Å². The molecule has 0 aliphatic heterocycles. The van der Waals surface area contributed by atoms with Gasteiger partial charge in [-0.15, -0.1) is 5.10 Å². The molecule has 5 heteroatoms. The summed E-state index contributed by atoms with van der Waals surface area (Å²) in [7, 11) is 0. The van der Waals surface area contributed by atoms with Gasteiger partial charge in [0.15, 0.2) is 0 Å². The van der Waals surface area contributed by atoms with Crippen LogP contribution in [0.15, 0.2) is 18.5 Å². The second kappa shape index (κ2) is 2.15. The molecule has 2 heterocycles. The third kappa shape index (κ3) is 0.859. The summed E-state index contributed by atoms with van der Waals surface area (Å²) >= 11 is 2.05. The third-order valence-corrected chi connectivity index (χ3v) is 1.55. The average Bonchev–Trinajstić information content (AvgIpc) is 2.27. The van der Waals surface area contributed by atoms with Crippen molar-refractivity contribution in [1.82, 2.24) is 19.6 Å². The van der Waals surface area contributed by atoms with Crippen LogP contribution >= 0.6 is 22.6 Å². The minimum Gasteiger partial charge on any atom is -0.220 e. The number of rotatable bonds is 0. The van der Waals surface area contributed by atoms with E-state index in [2.05, 4.69) is 15.1 Å². The Bertz CT molecular complexity index is 322. The zero-order valence-corrected chi connectivity index (χ0v) is 7.06. The molecule has 0 aliphatic rings. The summed E-state index contributed by atoms with van der Waals surface area (Å²) in [5, 5.41) is 4.04. The van der Waals surface area contributed by atoms with Gasteiger partial charge in [-0.25, -0.2) is 9.50 Å². The van der Waals surface area contributed by atoms with Crippen LogP contribution in [0.25, 0.3) is 5.78 Å². The Balaban J connectivity index is 2.88. The van der Waals surface area contributed by atoms with Crippen LogP contribution in [0.1, 0.15) is 0 Å². The molecule has 2 aromatic heterocycles. The first-order valence-corrected chi connectivity index (χ1v) is 3.77. The highest BCUT2D eigenvalue weighted by Crippen LogP contribution is 1.98.